The van der Waals surface area contributed by atoms with Crippen LogP contribution in [-0.4, -0.2) is 25.2 Å². The molecule has 0 unspecified atom stereocenters. The molecule has 0 radical (unpaired) electrons. The van der Waals surface area contributed by atoms with Gasteiger partial charge in [-0.05, 0) is 23.8 Å². The molecule has 0 aliphatic rings. The largest absolute Gasteiger partial charge is 0.465 e. The monoisotopic (exact) mass is 361 g/mol. The third-order valence-electron chi connectivity index (χ3n) is 3.48. The maximum Gasteiger partial charge on any atom is 0.350 e. The fourth-order valence-corrected chi connectivity index (χ4v) is 3.75. The molecular weight excluding hydrogens is 346 g/mol. The van der Waals surface area contributed by atoms with E-state index in [0.29, 0.717) is 21.9 Å². The van der Waals surface area contributed by atoms with Crippen LogP contribution in [0.25, 0.3) is 11.0 Å². The average molecular weight is 361 g/mol. The minimum Gasteiger partial charge on any atom is -0.465 e. The van der Waals surface area contributed by atoms with Crippen LogP contribution in [-0.2, 0) is 10.5 Å². The highest BCUT2D eigenvalue weighted by molar-refractivity contribution is 7.97. The summed E-state index contributed by atoms with van der Waals surface area (Å²) in [5.41, 5.74) is 1.95. The molecule has 0 bridgehead atoms. The van der Waals surface area contributed by atoms with Crippen molar-refractivity contribution >= 4 is 51.6 Å². The standard InChI is InChI=1S/C17H15NO4S2/c1-21-17(20)15-12(7-8-24-15)18-16(19)14-11(9-23-2)10-5-3-4-6-13(10)22-14/h3-8H,9H2,1-2H3,(H,18,19). The molecule has 3 aromatic rings. The van der Waals surface area contributed by atoms with E-state index in [1.165, 1.54) is 18.4 Å². The molecule has 0 aliphatic carbocycles. The first-order valence-electron chi connectivity index (χ1n) is 7.12. The van der Waals surface area contributed by atoms with Crippen molar-refractivity contribution in [2.45, 2.75) is 5.75 Å². The highest BCUT2D eigenvalue weighted by Gasteiger charge is 2.22. The normalized spacial score (nSPS) is 10.8. The molecule has 0 fully saturated rings. The highest BCUT2D eigenvalue weighted by atomic mass is 32.2. The summed E-state index contributed by atoms with van der Waals surface area (Å²) in [6.07, 6.45) is 1.97. The third-order valence-corrected chi connectivity index (χ3v) is 4.95. The van der Waals surface area contributed by atoms with Gasteiger partial charge in [0.2, 0.25) is 0 Å². The summed E-state index contributed by atoms with van der Waals surface area (Å²) < 4.78 is 10.5. The van der Waals surface area contributed by atoms with Gasteiger partial charge >= 0.3 is 5.97 Å². The number of methoxy groups -OCH3 is 1. The summed E-state index contributed by atoms with van der Waals surface area (Å²) in [6, 6.07) is 9.22. The van der Waals surface area contributed by atoms with Gasteiger partial charge < -0.3 is 14.5 Å². The smallest absolute Gasteiger partial charge is 0.350 e. The second-order valence-electron chi connectivity index (χ2n) is 4.95. The number of furan rings is 1. The molecule has 0 aliphatic heterocycles. The molecule has 0 saturated carbocycles. The molecule has 0 saturated heterocycles. The number of thiophene rings is 1. The van der Waals surface area contributed by atoms with Gasteiger partial charge in [0.1, 0.15) is 10.5 Å². The second-order valence-corrected chi connectivity index (χ2v) is 6.73. The molecule has 24 heavy (non-hydrogen) atoms. The molecule has 0 atom stereocenters. The fraction of sp³-hybridized carbons (Fsp3) is 0.176. The Morgan fingerprint density at radius 1 is 1.29 bits per heavy atom. The van der Waals surface area contributed by atoms with E-state index in [0.717, 1.165) is 10.9 Å². The van der Waals surface area contributed by atoms with Crippen LogP contribution >= 0.6 is 23.1 Å². The van der Waals surface area contributed by atoms with Crippen molar-refractivity contribution in [2.24, 2.45) is 0 Å². The molecular formula is C17H15NO4S2. The Labute approximate surface area is 147 Å². The van der Waals surface area contributed by atoms with Crippen molar-refractivity contribution in [1.29, 1.82) is 0 Å². The molecule has 2 aromatic heterocycles. The first-order chi connectivity index (χ1) is 11.7. The lowest BCUT2D eigenvalue weighted by Crippen LogP contribution is -2.14. The molecule has 1 aromatic carbocycles. The minimum absolute atomic E-state index is 0.271. The van der Waals surface area contributed by atoms with E-state index in [4.69, 9.17) is 9.15 Å². The lowest BCUT2D eigenvalue weighted by Gasteiger charge is -2.05. The van der Waals surface area contributed by atoms with Gasteiger partial charge in [0.25, 0.3) is 5.91 Å². The van der Waals surface area contributed by atoms with Crippen LogP contribution in [0.15, 0.2) is 40.1 Å². The molecule has 7 heteroatoms. The molecule has 1 amide bonds. The zero-order valence-corrected chi connectivity index (χ0v) is 14.8. The molecule has 3 rings (SSSR count). The summed E-state index contributed by atoms with van der Waals surface area (Å²) in [5, 5.41) is 5.40. The number of esters is 1. The van der Waals surface area contributed by atoms with Crippen molar-refractivity contribution < 1.29 is 18.7 Å². The maximum absolute atomic E-state index is 12.7. The number of nitrogens with one attached hydrogen (secondary N) is 1. The Bertz CT molecular complexity index is 897. The van der Waals surface area contributed by atoms with Gasteiger partial charge in [-0.25, -0.2) is 4.79 Å². The van der Waals surface area contributed by atoms with Crippen molar-refractivity contribution in [1.82, 2.24) is 0 Å². The van der Waals surface area contributed by atoms with E-state index in [-0.39, 0.29) is 11.7 Å². The van der Waals surface area contributed by atoms with E-state index >= 15 is 0 Å². The number of thioether (sulfide) groups is 1. The van der Waals surface area contributed by atoms with E-state index in [2.05, 4.69) is 5.32 Å². The Balaban J connectivity index is 1.96. The SMILES string of the molecule is COC(=O)c1sccc1NC(=O)c1oc2ccccc2c1CSC. The number of carbonyl (C=O) groups excluding carboxylic acids is 2. The lowest BCUT2D eigenvalue weighted by molar-refractivity contribution is 0.0607. The molecule has 124 valence electrons. The molecule has 2 heterocycles. The van der Waals surface area contributed by atoms with Gasteiger partial charge in [0.05, 0.1) is 12.8 Å². The Hall–Kier alpha value is -2.25. The first kappa shape index (κ1) is 16.6. The summed E-state index contributed by atoms with van der Waals surface area (Å²) in [5.74, 6) is 0.0772. The number of hydrogen-bond acceptors (Lipinski definition) is 6. The van der Waals surface area contributed by atoms with Crippen LogP contribution in [0.5, 0.6) is 0 Å². The van der Waals surface area contributed by atoms with Gasteiger partial charge in [-0.15, -0.1) is 11.3 Å². The number of fused-ring (bicyclic) bond motifs is 1. The van der Waals surface area contributed by atoms with Crippen LogP contribution in [0.2, 0.25) is 0 Å². The summed E-state index contributed by atoms with van der Waals surface area (Å²) in [7, 11) is 1.31. The molecule has 5 nitrogen and oxygen atoms in total. The van der Waals surface area contributed by atoms with Gasteiger partial charge in [0, 0.05) is 16.7 Å². The number of hydrogen-bond donors (Lipinski definition) is 1. The number of amides is 1. The summed E-state index contributed by atoms with van der Waals surface area (Å²) >= 11 is 2.83. The van der Waals surface area contributed by atoms with E-state index in [1.54, 1.807) is 23.2 Å². The van der Waals surface area contributed by atoms with E-state index in [9.17, 15) is 9.59 Å². The Morgan fingerprint density at radius 2 is 2.08 bits per heavy atom. The van der Waals surface area contributed by atoms with Crippen molar-refractivity contribution in [3.8, 4) is 0 Å². The number of para-hydroxylation sites is 1. The first-order valence-corrected chi connectivity index (χ1v) is 9.39. The highest BCUT2D eigenvalue weighted by Crippen LogP contribution is 2.30. The van der Waals surface area contributed by atoms with E-state index < -0.39 is 5.97 Å². The molecule has 1 N–H and O–H groups in total. The topological polar surface area (TPSA) is 68.5 Å². The van der Waals surface area contributed by atoms with Crippen LogP contribution in [0, 0.1) is 0 Å². The van der Waals surface area contributed by atoms with E-state index in [1.807, 2.05) is 30.5 Å². The van der Waals surface area contributed by atoms with Gasteiger partial charge in [0.15, 0.2) is 5.76 Å². The number of carbonyl (C=O) groups is 2. The molecule has 0 spiro atoms. The zero-order valence-electron chi connectivity index (χ0n) is 13.1. The van der Waals surface area contributed by atoms with Crippen LogP contribution in [0.1, 0.15) is 25.8 Å². The maximum atomic E-state index is 12.7. The fourth-order valence-electron chi connectivity index (χ4n) is 2.41. The second kappa shape index (κ2) is 7.11. The van der Waals surface area contributed by atoms with Crippen molar-refractivity contribution in [3.63, 3.8) is 0 Å². The van der Waals surface area contributed by atoms with Crippen LogP contribution in [0.4, 0.5) is 5.69 Å². The quantitative estimate of drug-likeness (QED) is 0.682. The Morgan fingerprint density at radius 3 is 2.83 bits per heavy atom. The zero-order chi connectivity index (χ0) is 17.1. The van der Waals surface area contributed by atoms with Gasteiger partial charge in [-0.2, -0.15) is 11.8 Å². The predicted molar refractivity (Wildman–Crippen MR) is 97.0 cm³/mol. The van der Waals surface area contributed by atoms with Crippen LogP contribution < -0.4 is 5.32 Å². The number of benzene rings is 1. The van der Waals surface area contributed by atoms with Gasteiger partial charge in [-0.1, -0.05) is 18.2 Å². The Kier molecular flexibility index (Phi) is 4.92. The number of ether oxygens (including phenoxy) is 1. The van der Waals surface area contributed by atoms with Crippen molar-refractivity contribution in [3.05, 3.63) is 51.9 Å². The van der Waals surface area contributed by atoms with Gasteiger partial charge in [-0.3, -0.25) is 4.79 Å². The van der Waals surface area contributed by atoms with Crippen LogP contribution in [0.3, 0.4) is 0 Å². The third kappa shape index (κ3) is 3.05. The van der Waals surface area contributed by atoms with Crippen molar-refractivity contribution in [2.75, 3.05) is 18.7 Å². The summed E-state index contributed by atoms with van der Waals surface area (Å²) in [6.45, 7) is 0. The lowest BCUT2D eigenvalue weighted by atomic mass is 10.1. The summed E-state index contributed by atoms with van der Waals surface area (Å²) in [4.78, 5) is 24.8. The average Bonchev–Trinajstić information content (AvgIpc) is 3.19. The number of anilines is 1. The number of rotatable bonds is 5. The predicted octanol–water partition coefficient (Wildman–Crippen LogP) is 4.40. The minimum atomic E-state index is -0.478.